The minimum absolute atomic E-state index is 0.0374. The van der Waals surface area contributed by atoms with Crippen molar-refractivity contribution < 1.29 is 37.2 Å². The number of carbonyl (C=O) groups is 1. The van der Waals surface area contributed by atoms with Crippen molar-refractivity contribution in [2.75, 3.05) is 72.4 Å². The molecule has 0 aliphatic rings. The fraction of sp³-hybridized carbons (Fsp3) is 0.929. The van der Waals surface area contributed by atoms with Gasteiger partial charge < -0.3 is 19.4 Å². The Kier molecular flexibility index (Phi) is 11.3. The molecule has 3 N–H and O–H groups in total. The fourth-order valence-corrected chi connectivity index (χ4v) is 2.63. The number of aliphatic hydroxyl groups excluding tert-OH is 2. The van der Waals surface area contributed by atoms with Crippen molar-refractivity contribution in [3.8, 4) is 0 Å². The highest BCUT2D eigenvalue weighted by molar-refractivity contribution is 7.85. The molecule has 0 aromatic carbocycles. The molecule has 0 spiro atoms. The van der Waals surface area contributed by atoms with Crippen LogP contribution in [0.4, 0.5) is 0 Å². The maximum absolute atomic E-state index is 11.7. The number of hydrogen-bond donors (Lipinski definition) is 3. The van der Waals surface area contributed by atoms with Crippen molar-refractivity contribution in [2.45, 2.75) is 12.8 Å². The molecule has 24 heavy (non-hydrogen) atoms. The highest BCUT2D eigenvalue weighted by atomic mass is 32.2. The van der Waals surface area contributed by atoms with E-state index in [1.165, 1.54) is 0 Å². The molecule has 10 heteroatoms. The fourth-order valence-electron chi connectivity index (χ4n) is 2.13. The number of esters is 1. The molecular formula is C14H31N2O7S+. The summed E-state index contributed by atoms with van der Waals surface area (Å²) in [5.74, 6) is -0.631. The molecule has 0 heterocycles. The van der Waals surface area contributed by atoms with E-state index in [9.17, 15) is 13.2 Å². The molecule has 0 radical (unpaired) electrons. The molecule has 0 atom stereocenters. The van der Waals surface area contributed by atoms with Crippen molar-refractivity contribution in [1.29, 1.82) is 0 Å². The Morgan fingerprint density at radius 3 is 2.17 bits per heavy atom. The van der Waals surface area contributed by atoms with Crippen LogP contribution in [0.3, 0.4) is 0 Å². The van der Waals surface area contributed by atoms with Crippen LogP contribution in [0.15, 0.2) is 0 Å². The average molecular weight is 371 g/mol. The van der Waals surface area contributed by atoms with E-state index in [0.717, 1.165) is 0 Å². The van der Waals surface area contributed by atoms with Gasteiger partial charge in [-0.15, -0.1) is 0 Å². The Morgan fingerprint density at radius 2 is 1.67 bits per heavy atom. The smallest absolute Gasteiger partial charge is 0.307 e. The lowest BCUT2D eigenvalue weighted by atomic mass is 10.3. The zero-order valence-electron chi connectivity index (χ0n) is 14.6. The number of quaternary nitrogens is 1. The highest BCUT2D eigenvalue weighted by Gasteiger charge is 2.17. The van der Waals surface area contributed by atoms with Gasteiger partial charge in [0.1, 0.15) is 13.2 Å². The number of aliphatic hydroxyl groups is 2. The van der Waals surface area contributed by atoms with Crippen LogP contribution in [0.25, 0.3) is 0 Å². The SMILES string of the molecule is C[N+](C)(CCCS(=O)(=O)O)CCOC(=O)CCN(CCO)CCO. The van der Waals surface area contributed by atoms with E-state index < -0.39 is 10.1 Å². The van der Waals surface area contributed by atoms with Crippen LogP contribution in [0.2, 0.25) is 0 Å². The Balaban J connectivity index is 3.96. The van der Waals surface area contributed by atoms with Crippen molar-refractivity contribution in [3.05, 3.63) is 0 Å². The van der Waals surface area contributed by atoms with Gasteiger partial charge in [0.05, 0.1) is 46.0 Å². The topological polar surface area (TPSA) is 124 Å². The van der Waals surface area contributed by atoms with Crippen molar-refractivity contribution in [3.63, 3.8) is 0 Å². The monoisotopic (exact) mass is 371 g/mol. The number of likely N-dealkylation sites (N-methyl/N-ethyl adjacent to an activating group) is 1. The van der Waals surface area contributed by atoms with Gasteiger partial charge in [0.15, 0.2) is 0 Å². The highest BCUT2D eigenvalue weighted by Crippen LogP contribution is 2.02. The number of ether oxygens (including phenoxy) is 1. The van der Waals surface area contributed by atoms with E-state index in [0.29, 0.717) is 43.6 Å². The maximum Gasteiger partial charge on any atom is 0.307 e. The van der Waals surface area contributed by atoms with Gasteiger partial charge in [-0.2, -0.15) is 8.42 Å². The molecule has 0 aliphatic heterocycles. The molecular weight excluding hydrogens is 340 g/mol. The largest absolute Gasteiger partial charge is 0.460 e. The summed E-state index contributed by atoms with van der Waals surface area (Å²) in [4.78, 5) is 13.5. The molecule has 0 rings (SSSR count). The van der Waals surface area contributed by atoms with Crippen LogP contribution in [0.1, 0.15) is 12.8 Å². The van der Waals surface area contributed by atoms with Crippen LogP contribution in [-0.4, -0.2) is 111 Å². The van der Waals surface area contributed by atoms with Crippen LogP contribution < -0.4 is 0 Å². The quantitative estimate of drug-likeness (QED) is 0.193. The van der Waals surface area contributed by atoms with Gasteiger partial charge in [0.25, 0.3) is 10.1 Å². The summed E-state index contributed by atoms with van der Waals surface area (Å²) >= 11 is 0. The van der Waals surface area contributed by atoms with E-state index in [1.54, 1.807) is 4.90 Å². The molecule has 0 saturated carbocycles. The number of carbonyl (C=O) groups excluding carboxylic acids is 1. The number of rotatable bonds is 14. The summed E-state index contributed by atoms with van der Waals surface area (Å²) in [5, 5.41) is 17.8. The Hall–Kier alpha value is -0.780. The molecule has 9 nitrogen and oxygen atoms in total. The van der Waals surface area contributed by atoms with Gasteiger partial charge in [-0.1, -0.05) is 0 Å². The van der Waals surface area contributed by atoms with Gasteiger partial charge in [-0.05, 0) is 0 Å². The number of hydrogen-bond acceptors (Lipinski definition) is 7. The van der Waals surface area contributed by atoms with Crippen LogP contribution in [0.5, 0.6) is 0 Å². The van der Waals surface area contributed by atoms with Gasteiger partial charge in [-0.25, -0.2) is 0 Å². The molecule has 0 aromatic heterocycles. The minimum atomic E-state index is -3.94. The lowest BCUT2D eigenvalue weighted by Gasteiger charge is -2.29. The summed E-state index contributed by atoms with van der Waals surface area (Å²) in [6.45, 7) is 2.42. The summed E-state index contributed by atoms with van der Waals surface area (Å²) in [7, 11) is -0.159. The second kappa shape index (κ2) is 11.7. The summed E-state index contributed by atoms with van der Waals surface area (Å²) in [6, 6.07) is 0. The summed E-state index contributed by atoms with van der Waals surface area (Å²) in [5.41, 5.74) is 0. The Bertz CT molecular complexity index is 448. The van der Waals surface area contributed by atoms with E-state index in [-0.39, 0.29) is 38.0 Å². The van der Waals surface area contributed by atoms with Gasteiger partial charge in [0, 0.05) is 26.1 Å². The van der Waals surface area contributed by atoms with Gasteiger partial charge >= 0.3 is 5.97 Å². The molecule has 0 aromatic rings. The molecule has 0 bridgehead atoms. The summed E-state index contributed by atoms with van der Waals surface area (Å²) in [6.07, 6.45) is 0.507. The normalized spacial score (nSPS) is 12.6. The second-order valence-corrected chi connectivity index (χ2v) is 7.85. The van der Waals surface area contributed by atoms with E-state index >= 15 is 0 Å². The van der Waals surface area contributed by atoms with E-state index in [4.69, 9.17) is 19.5 Å². The third-order valence-electron chi connectivity index (χ3n) is 3.59. The first-order chi connectivity index (χ1) is 11.1. The van der Waals surface area contributed by atoms with Crippen molar-refractivity contribution in [2.24, 2.45) is 0 Å². The first kappa shape index (κ1) is 23.2. The van der Waals surface area contributed by atoms with Gasteiger partial charge in [0.2, 0.25) is 0 Å². The minimum Gasteiger partial charge on any atom is -0.460 e. The van der Waals surface area contributed by atoms with E-state index in [1.807, 2.05) is 14.1 Å². The first-order valence-electron chi connectivity index (χ1n) is 7.96. The standard InChI is InChI=1S/C14H30N2O7S/c1-16(2,8-3-13-24(20,21)22)9-12-23-14(19)4-5-15(6-10-17)7-11-18/h17-18H,3-13H2,1-2H3/p+1. The average Bonchev–Trinajstić information content (AvgIpc) is 2.43. The Labute approximate surface area is 144 Å². The molecule has 0 saturated heterocycles. The van der Waals surface area contributed by atoms with Crippen LogP contribution in [-0.2, 0) is 19.6 Å². The molecule has 144 valence electrons. The molecule has 0 amide bonds. The van der Waals surface area contributed by atoms with Crippen molar-refractivity contribution in [1.82, 2.24) is 4.90 Å². The third kappa shape index (κ3) is 13.6. The summed E-state index contributed by atoms with van der Waals surface area (Å²) < 4.78 is 35.7. The lowest BCUT2D eigenvalue weighted by molar-refractivity contribution is -0.890. The van der Waals surface area contributed by atoms with Gasteiger partial charge in [-0.3, -0.25) is 14.2 Å². The second-order valence-electron chi connectivity index (χ2n) is 6.28. The molecule has 0 aliphatic carbocycles. The van der Waals surface area contributed by atoms with Crippen LogP contribution in [0, 0.1) is 0 Å². The number of nitrogens with zero attached hydrogens (tertiary/aromatic N) is 2. The van der Waals surface area contributed by atoms with E-state index in [2.05, 4.69) is 0 Å². The predicted molar refractivity (Wildman–Crippen MR) is 89.1 cm³/mol. The van der Waals surface area contributed by atoms with Crippen molar-refractivity contribution >= 4 is 16.1 Å². The predicted octanol–water partition coefficient (Wildman–Crippen LogP) is -1.44. The third-order valence-corrected chi connectivity index (χ3v) is 4.39. The lowest BCUT2D eigenvalue weighted by Crippen LogP contribution is -2.44. The first-order valence-corrected chi connectivity index (χ1v) is 9.57. The zero-order valence-corrected chi connectivity index (χ0v) is 15.4. The molecule has 0 fully saturated rings. The maximum atomic E-state index is 11.7. The zero-order chi connectivity index (χ0) is 18.6. The van der Waals surface area contributed by atoms with Crippen LogP contribution >= 0.6 is 0 Å². The molecule has 0 unspecified atom stereocenters. The Morgan fingerprint density at radius 1 is 1.08 bits per heavy atom.